The first-order valence-corrected chi connectivity index (χ1v) is 10.7. The number of fused-ring (bicyclic) bond motifs is 1. The van der Waals surface area contributed by atoms with Crippen LogP contribution in [0.1, 0.15) is 30.9 Å². The Morgan fingerprint density at radius 3 is 2.80 bits per heavy atom. The molecule has 0 atom stereocenters. The minimum absolute atomic E-state index is 0.0265. The summed E-state index contributed by atoms with van der Waals surface area (Å²) in [5, 5.41) is 1.85. The minimum Gasteiger partial charge on any atom is -0.494 e. The van der Waals surface area contributed by atoms with Crippen LogP contribution in [-0.4, -0.2) is 35.5 Å². The fourth-order valence-electron chi connectivity index (χ4n) is 3.66. The number of nitrogens with zero attached hydrogens (tertiary/aromatic N) is 1. The Bertz CT molecular complexity index is 1100. The number of carbonyl (C=O) groups is 1. The van der Waals surface area contributed by atoms with Crippen molar-refractivity contribution < 1.29 is 9.53 Å². The third kappa shape index (κ3) is 4.44. The van der Waals surface area contributed by atoms with Crippen LogP contribution in [0.4, 0.5) is 0 Å². The van der Waals surface area contributed by atoms with Crippen molar-refractivity contribution in [2.24, 2.45) is 0 Å². The van der Waals surface area contributed by atoms with Gasteiger partial charge in [-0.25, -0.2) is 0 Å². The molecular weight excluding hydrogens is 396 g/mol. The monoisotopic (exact) mass is 420 g/mol. The number of rotatable bonds is 6. The fourth-order valence-corrected chi connectivity index (χ4v) is 3.89. The topological polar surface area (TPSA) is 45.3 Å². The van der Waals surface area contributed by atoms with Crippen LogP contribution in [0.5, 0.6) is 5.75 Å². The first-order valence-electron chi connectivity index (χ1n) is 10.3. The van der Waals surface area contributed by atoms with Crippen LogP contribution in [0.15, 0.2) is 60.8 Å². The maximum absolute atomic E-state index is 12.6. The van der Waals surface area contributed by atoms with Gasteiger partial charge in [-0.2, -0.15) is 0 Å². The molecule has 0 saturated heterocycles. The highest BCUT2D eigenvalue weighted by Gasteiger charge is 2.18. The van der Waals surface area contributed by atoms with Crippen LogP contribution in [0.25, 0.3) is 22.6 Å². The van der Waals surface area contributed by atoms with E-state index in [1.54, 1.807) is 6.08 Å². The van der Waals surface area contributed by atoms with Gasteiger partial charge in [0.15, 0.2) is 0 Å². The normalized spacial score (nSPS) is 14.3. The van der Waals surface area contributed by atoms with Crippen molar-refractivity contribution in [2.75, 3.05) is 19.7 Å². The summed E-state index contributed by atoms with van der Waals surface area (Å²) in [7, 11) is 0. The number of carbonyl (C=O) groups excluding carboxylic acids is 1. The van der Waals surface area contributed by atoms with Crippen LogP contribution >= 0.6 is 11.6 Å². The third-order valence-corrected chi connectivity index (χ3v) is 5.62. The van der Waals surface area contributed by atoms with Crippen molar-refractivity contribution >= 4 is 40.1 Å². The Balaban J connectivity index is 1.39. The average Bonchev–Trinajstić information content (AvgIpc) is 3.22. The van der Waals surface area contributed by atoms with E-state index in [4.69, 9.17) is 16.3 Å². The van der Waals surface area contributed by atoms with E-state index in [0.717, 1.165) is 40.1 Å². The number of halogens is 1. The van der Waals surface area contributed by atoms with Crippen LogP contribution in [-0.2, 0) is 4.79 Å². The summed E-state index contributed by atoms with van der Waals surface area (Å²) >= 11 is 6.27. The molecule has 0 aliphatic carbocycles. The number of hydrogen-bond donors (Lipinski definition) is 1. The molecule has 1 aliphatic rings. The second-order valence-corrected chi connectivity index (χ2v) is 7.79. The number of aromatic amines is 1. The molecule has 3 aromatic rings. The summed E-state index contributed by atoms with van der Waals surface area (Å²) in [5.74, 6) is 0.881. The van der Waals surface area contributed by atoms with Crippen molar-refractivity contribution in [3.8, 4) is 5.75 Å². The number of nitrogens with one attached hydrogen (secondary N) is 1. The van der Waals surface area contributed by atoms with E-state index in [1.165, 1.54) is 11.1 Å². The second kappa shape index (κ2) is 9.23. The van der Waals surface area contributed by atoms with Crippen molar-refractivity contribution in [1.29, 1.82) is 0 Å². The van der Waals surface area contributed by atoms with Gasteiger partial charge in [0.25, 0.3) is 0 Å². The molecule has 0 fully saturated rings. The van der Waals surface area contributed by atoms with Gasteiger partial charge >= 0.3 is 0 Å². The van der Waals surface area contributed by atoms with Gasteiger partial charge in [0.2, 0.25) is 5.91 Å². The highest BCUT2D eigenvalue weighted by molar-refractivity contribution is 6.35. The molecule has 2 heterocycles. The smallest absolute Gasteiger partial charge is 0.246 e. The molecule has 5 heteroatoms. The van der Waals surface area contributed by atoms with E-state index in [2.05, 4.69) is 24.1 Å². The number of amides is 1. The lowest BCUT2D eigenvalue weighted by Crippen LogP contribution is -2.33. The lowest BCUT2D eigenvalue weighted by molar-refractivity contribution is -0.125. The summed E-state index contributed by atoms with van der Waals surface area (Å²) < 4.78 is 5.59. The van der Waals surface area contributed by atoms with Gasteiger partial charge < -0.3 is 14.6 Å². The van der Waals surface area contributed by atoms with E-state index < -0.39 is 0 Å². The SMILES string of the molecule is CCCOc1ccc(/C=C/C(=O)N2CC=C(c3c[nH]c4c(Cl)cccc34)CC2)cc1. The number of benzene rings is 2. The standard InChI is InChI=1S/C25H25ClN2O2/c1-2-16-30-20-9-6-18(7-10-20)8-11-24(29)28-14-12-19(13-15-28)22-17-27-25-21(22)4-3-5-23(25)26/h3-12,17,27H,2,13-16H2,1H3/b11-8+. The van der Waals surface area contributed by atoms with Crippen molar-refractivity contribution in [1.82, 2.24) is 9.88 Å². The molecule has 154 valence electrons. The van der Waals surface area contributed by atoms with Crippen LogP contribution in [0.2, 0.25) is 5.02 Å². The first-order chi connectivity index (χ1) is 14.7. The van der Waals surface area contributed by atoms with Crippen LogP contribution < -0.4 is 4.74 Å². The van der Waals surface area contributed by atoms with E-state index in [1.807, 2.05) is 53.6 Å². The Morgan fingerprint density at radius 1 is 1.23 bits per heavy atom. The predicted molar refractivity (Wildman–Crippen MR) is 124 cm³/mol. The van der Waals surface area contributed by atoms with Gasteiger partial charge in [0, 0.05) is 36.3 Å². The summed E-state index contributed by atoms with van der Waals surface area (Å²) in [4.78, 5) is 17.7. The zero-order valence-electron chi connectivity index (χ0n) is 17.0. The lowest BCUT2D eigenvalue weighted by Gasteiger charge is -2.25. The van der Waals surface area contributed by atoms with E-state index >= 15 is 0 Å². The quantitative estimate of drug-likeness (QED) is 0.501. The van der Waals surface area contributed by atoms with Crippen molar-refractivity contribution in [2.45, 2.75) is 19.8 Å². The Morgan fingerprint density at radius 2 is 2.07 bits per heavy atom. The Kier molecular flexibility index (Phi) is 6.24. The molecule has 1 amide bonds. The van der Waals surface area contributed by atoms with Gasteiger partial charge in [-0.3, -0.25) is 4.79 Å². The molecular formula is C25H25ClN2O2. The summed E-state index contributed by atoms with van der Waals surface area (Å²) in [6, 6.07) is 13.7. The molecule has 1 aromatic heterocycles. The molecule has 0 radical (unpaired) electrons. The number of H-pyrrole nitrogens is 1. The molecule has 4 nitrogen and oxygen atoms in total. The molecule has 0 spiro atoms. The molecule has 0 saturated carbocycles. The van der Waals surface area contributed by atoms with Gasteiger partial charge in [-0.15, -0.1) is 0 Å². The predicted octanol–water partition coefficient (Wildman–Crippen LogP) is 5.94. The zero-order chi connectivity index (χ0) is 20.9. The van der Waals surface area contributed by atoms with Crippen LogP contribution in [0.3, 0.4) is 0 Å². The number of hydrogen-bond acceptors (Lipinski definition) is 2. The van der Waals surface area contributed by atoms with Crippen LogP contribution in [0, 0.1) is 0 Å². The lowest BCUT2D eigenvalue weighted by atomic mass is 9.99. The van der Waals surface area contributed by atoms with E-state index in [0.29, 0.717) is 19.7 Å². The molecule has 2 aromatic carbocycles. The zero-order valence-corrected chi connectivity index (χ0v) is 17.8. The largest absolute Gasteiger partial charge is 0.494 e. The second-order valence-electron chi connectivity index (χ2n) is 7.38. The fraction of sp³-hybridized carbons (Fsp3) is 0.240. The van der Waals surface area contributed by atoms with Gasteiger partial charge in [0.1, 0.15) is 5.75 Å². The minimum atomic E-state index is 0.0265. The summed E-state index contributed by atoms with van der Waals surface area (Å²) in [6.07, 6.45) is 9.45. The third-order valence-electron chi connectivity index (χ3n) is 5.30. The van der Waals surface area contributed by atoms with Gasteiger partial charge in [-0.05, 0) is 48.3 Å². The maximum atomic E-state index is 12.6. The Labute approximate surface area is 181 Å². The molecule has 30 heavy (non-hydrogen) atoms. The average molecular weight is 421 g/mol. The van der Waals surface area contributed by atoms with Gasteiger partial charge in [0.05, 0.1) is 17.1 Å². The molecule has 1 N–H and O–H groups in total. The molecule has 1 aliphatic heterocycles. The maximum Gasteiger partial charge on any atom is 0.246 e. The van der Waals surface area contributed by atoms with E-state index in [9.17, 15) is 4.79 Å². The Hall–Kier alpha value is -2.98. The highest BCUT2D eigenvalue weighted by Crippen LogP contribution is 2.32. The number of aromatic nitrogens is 1. The molecule has 0 bridgehead atoms. The van der Waals surface area contributed by atoms with E-state index in [-0.39, 0.29) is 5.91 Å². The number of ether oxygens (including phenoxy) is 1. The molecule has 0 unspecified atom stereocenters. The summed E-state index contributed by atoms with van der Waals surface area (Å²) in [6.45, 7) is 4.10. The van der Waals surface area contributed by atoms with Crippen molar-refractivity contribution in [3.63, 3.8) is 0 Å². The van der Waals surface area contributed by atoms with Gasteiger partial charge in [-0.1, -0.05) is 48.9 Å². The number of para-hydroxylation sites is 1. The first kappa shape index (κ1) is 20.3. The van der Waals surface area contributed by atoms with Crippen molar-refractivity contribution in [3.05, 3.63) is 77.0 Å². The molecule has 4 rings (SSSR count). The summed E-state index contributed by atoms with van der Waals surface area (Å²) in [5.41, 5.74) is 4.36. The highest BCUT2D eigenvalue weighted by atomic mass is 35.5.